The van der Waals surface area contributed by atoms with Gasteiger partial charge in [0, 0.05) is 11.1 Å². The van der Waals surface area contributed by atoms with E-state index < -0.39 is 0 Å². The Kier molecular flexibility index (Phi) is 5.06. The van der Waals surface area contributed by atoms with Crippen molar-refractivity contribution in [2.45, 2.75) is 51.0 Å². The van der Waals surface area contributed by atoms with Gasteiger partial charge in [-0.15, -0.1) is 0 Å². The van der Waals surface area contributed by atoms with Gasteiger partial charge >= 0.3 is 0 Å². The molecule has 104 valence electrons. The third kappa shape index (κ3) is 3.61. The molecule has 0 saturated heterocycles. The first kappa shape index (κ1) is 14.6. The van der Waals surface area contributed by atoms with Gasteiger partial charge < -0.3 is 5.73 Å². The van der Waals surface area contributed by atoms with Crippen molar-refractivity contribution in [1.29, 1.82) is 0 Å². The van der Waals surface area contributed by atoms with E-state index in [-0.39, 0.29) is 6.04 Å². The molecule has 0 aliphatic heterocycles. The Morgan fingerprint density at radius 3 is 2.37 bits per heavy atom. The van der Waals surface area contributed by atoms with E-state index in [9.17, 15) is 0 Å². The molecule has 2 N–H and O–H groups in total. The maximum absolute atomic E-state index is 6.10. The van der Waals surface area contributed by atoms with Crippen molar-refractivity contribution < 1.29 is 0 Å². The maximum atomic E-state index is 6.10. The molecule has 0 radical (unpaired) electrons. The topological polar surface area (TPSA) is 26.0 Å². The van der Waals surface area contributed by atoms with E-state index in [4.69, 9.17) is 17.3 Å². The first-order chi connectivity index (χ1) is 9.11. The average molecular weight is 278 g/mol. The summed E-state index contributed by atoms with van der Waals surface area (Å²) in [4.78, 5) is 0. The van der Waals surface area contributed by atoms with Crippen LogP contribution < -0.4 is 5.73 Å². The van der Waals surface area contributed by atoms with Crippen LogP contribution in [0.15, 0.2) is 36.4 Å². The van der Waals surface area contributed by atoms with Crippen LogP contribution in [0.3, 0.4) is 0 Å². The van der Waals surface area contributed by atoms with Gasteiger partial charge in [-0.25, -0.2) is 0 Å². The zero-order valence-corrected chi connectivity index (χ0v) is 12.5. The normalized spacial score (nSPS) is 25.0. The molecule has 1 aromatic carbocycles. The van der Waals surface area contributed by atoms with Gasteiger partial charge in [-0.1, -0.05) is 42.8 Å². The molecule has 1 atom stereocenters. The highest BCUT2D eigenvalue weighted by molar-refractivity contribution is 6.30. The van der Waals surface area contributed by atoms with Crippen LogP contribution in [0, 0.1) is 5.92 Å². The van der Waals surface area contributed by atoms with Crippen LogP contribution in [0.1, 0.15) is 50.5 Å². The maximum Gasteiger partial charge on any atom is 0.0406 e. The Balaban J connectivity index is 1.92. The zero-order valence-electron chi connectivity index (χ0n) is 11.7. The first-order valence-corrected chi connectivity index (χ1v) is 7.69. The van der Waals surface area contributed by atoms with Gasteiger partial charge in [-0.2, -0.15) is 0 Å². The summed E-state index contributed by atoms with van der Waals surface area (Å²) in [6.45, 7) is 6.35. The lowest BCUT2D eigenvalue weighted by Crippen LogP contribution is -2.27. The van der Waals surface area contributed by atoms with Crippen LogP contribution in [-0.4, -0.2) is 6.04 Å². The number of rotatable bonds is 4. The Morgan fingerprint density at radius 2 is 1.84 bits per heavy atom. The number of nitrogens with two attached hydrogens (primary N) is 1. The molecule has 0 heterocycles. The van der Waals surface area contributed by atoms with Gasteiger partial charge in [-0.05, 0) is 61.6 Å². The number of benzene rings is 1. The van der Waals surface area contributed by atoms with Crippen molar-refractivity contribution in [1.82, 2.24) is 0 Å². The molecule has 0 amide bonds. The van der Waals surface area contributed by atoms with Gasteiger partial charge in [0.1, 0.15) is 0 Å². The van der Waals surface area contributed by atoms with E-state index in [2.05, 4.69) is 25.6 Å². The van der Waals surface area contributed by atoms with Crippen molar-refractivity contribution in [3.63, 3.8) is 0 Å². The van der Waals surface area contributed by atoms with E-state index in [0.29, 0.717) is 11.8 Å². The minimum absolute atomic E-state index is 0.178. The molecule has 1 aliphatic rings. The molecular formula is C17H24ClN. The SMILES string of the molecule is C=C(C(N)CC)C1CCC(c2ccc(Cl)cc2)CC1. The fraction of sp³-hybridized carbons (Fsp3) is 0.529. The highest BCUT2D eigenvalue weighted by atomic mass is 35.5. The number of hydrogen-bond donors (Lipinski definition) is 1. The van der Waals surface area contributed by atoms with Gasteiger partial charge in [0.2, 0.25) is 0 Å². The fourth-order valence-electron chi connectivity index (χ4n) is 3.10. The molecule has 1 aliphatic carbocycles. The van der Waals surface area contributed by atoms with Crippen molar-refractivity contribution in [2.24, 2.45) is 11.7 Å². The lowest BCUT2D eigenvalue weighted by molar-refractivity contribution is 0.351. The lowest BCUT2D eigenvalue weighted by atomic mass is 9.75. The minimum atomic E-state index is 0.178. The second-order valence-corrected chi connectivity index (χ2v) is 6.13. The Hall–Kier alpha value is -0.790. The summed E-state index contributed by atoms with van der Waals surface area (Å²) in [5.41, 5.74) is 8.78. The van der Waals surface area contributed by atoms with Crippen LogP contribution in [0.2, 0.25) is 5.02 Å². The third-order valence-electron chi connectivity index (χ3n) is 4.51. The predicted octanol–water partition coefficient (Wildman–Crippen LogP) is 4.91. The number of hydrogen-bond acceptors (Lipinski definition) is 1. The van der Waals surface area contributed by atoms with Crippen LogP contribution >= 0.6 is 11.6 Å². The molecule has 1 nitrogen and oxygen atoms in total. The Bertz CT molecular complexity index is 415. The van der Waals surface area contributed by atoms with Crippen molar-refractivity contribution >= 4 is 11.6 Å². The summed E-state index contributed by atoms with van der Waals surface area (Å²) >= 11 is 5.94. The van der Waals surface area contributed by atoms with E-state index in [1.54, 1.807) is 0 Å². The summed E-state index contributed by atoms with van der Waals surface area (Å²) < 4.78 is 0. The molecule has 1 fully saturated rings. The Morgan fingerprint density at radius 1 is 1.26 bits per heavy atom. The minimum Gasteiger partial charge on any atom is -0.324 e. The van der Waals surface area contributed by atoms with Gasteiger partial charge in [-0.3, -0.25) is 0 Å². The zero-order chi connectivity index (χ0) is 13.8. The van der Waals surface area contributed by atoms with E-state index >= 15 is 0 Å². The summed E-state index contributed by atoms with van der Waals surface area (Å²) in [5.74, 6) is 1.30. The highest BCUT2D eigenvalue weighted by Crippen LogP contribution is 2.39. The summed E-state index contributed by atoms with van der Waals surface area (Å²) in [7, 11) is 0. The molecule has 0 bridgehead atoms. The second-order valence-electron chi connectivity index (χ2n) is 5.69. The first-order valence-electron chi connectivity index (χ1n) is 7.31. The molecule has 0 spiro atoms. The predicted molar refractivity (Wildman–Crippen MR) is 83.6 cm³/mol. The molecule has 1 unspecified atom stereocenters. The molecule has 2 heteroatoms. The lowest BCUT2D eigenvalue weighted by Gasteiger charge is -2.32. The van der Waals surface area contributed by atoms with E-state index in [0.717, 1.165) is 11.4 Å². The summed E-state index contributed by atoms with van der Waals surface area (Å²) in [6, 6.07) is 8.50. The van der Waals surface area contributed by atoms with Crippen molar-refractivity contribution in [3.05, 3.63) is 47.0 Å². The quantitative estimate of drug-likeness (QED) is 0.778. The van der Waals surface area contributed by atoms with Crippen molar-refractivity contribution in [2.75, 3.05) is 0 Å². The molecular weight excluding hydrogens is 254 g/mol. The van der Waals surface area contributed by atoms with Gasteiger partial charge in [0.05, 0.1) is 0 Å². The second kappa shape index (κ2) is 6.58. The van der Waals surface area contributed by atoms with Crippen LogP contribution in [0.25, 0.3) is 0 Å². The largest absolute Gasteiger partial charge is 0.324 e. The summed E-state index contributed by atoms with van der Waals surface area (Å²) in [5, 5.41) is 0.819. The van der Waals surface area contributed by atoms with Crippen LogP contribution in [0.4, 0.5) is 0 Å². The monoisotopic (exact) mass is 277 g/mol. The standard InChI is InChI=1S/C17H24ClN/c1-3-17(19)12(2)13-4-6-14(7-5-13)15-8-10-16(18)11-9-15/h8-11,13-14,17H,2-7,19H2,1H3. The van der Waals surface area contributed by atoms with Crippen molar-refractivity contribution in [3.8, 4) is 0 Å². The van der Waals surface area contributed by atoms with Gasteiger partial charge in [0.15, 0.2) is 0 Å². The number of halogens is 1. The van der Waals surface area contributed by atoms with E-state index in [1.807, 2.05) is 12.1 Å². The molecule has 2 rings (SSSR count). The van der Waals surface area contributed by atoms with Crippen LogP contribution in [-0.2, 0) is 0 Å². The molecule has 19 heavy (non-hydrogen) atoms. The highest BCUT2D eigenvalue weighted by Gasteiger charge is 2.25. The molecule has 1 aromatic rings. The molecule has 0 aromatic heterocycles. The third-order valence-corrected chi connectivity index (χ3v) is 4.76. The smallest absolute Gasteiger partial charge is 0.0406 e. The Labute approximate surface area is 121 Å². The fourth-order valence-corrected chi connectivity index (χ4v) is 3.22. The van der Waals surface area contributed by atoms with Gasteiger partial charge in [0.25, 0.3) is 0 Å². The average Bonchev–Trinajstić information content (AvgIpc) is 2.46. The van der Waals surface area contributed by atoms with Crippen LogP contribution in [0.5, 0.6) is 0 Å². The van der Waals surface area contributed by atoms with E-state index in [1.165, 1.54) is 36.8 Å². The molecule has 1 saturated carbocycles. The summed E-state index contributed by atoms with van der Waals surface area (Å²) in [6.07, 6.45) is 5.92.